The number of nitrogens with one attached hydrogen (secondary N) is 3. The van der Waals surface area contributed by atoms with Crippen LogP contribution in [0.3, 0.4) is 0 Å². The summed E-state index contributed by atoms with van der Waals surface area (Å²) in [6.07, 6.45) is -3.65. The summed E-state index contributed by atoms with van der Waals surface area (Å²) in [5.74, 6) is -0.133. The van der Waals surface area contributed by atoms with Crippen LogP contribution in [-0.4, -0.2) is 31.6 Å². The highest BCUT2D eigenvalue weighted by Gasteiger charge is 2.43. The number of amides is 1. The molecule has 5 nitrogen and oxygen atoms in total. The number of anilines is 1. The lowest BCUT2D eigenvalue weighted by Crippen LogP contribution is -2.44. The van der Waals surface area contributed by atoms with E-state index >= 15 is 0 Å². The average Bonchev–Trinajstić information content (AvgIpc) is 2.80. The molecule has 32 heavy (non-hydrogen) atoms. The van der Waals surface area contributed by atoms with Crippen molar-refractivity contribution in [3.8, 4) is 0 Å². The molecule has 2 aliphatic heterocycles. The molecule has 1 saturated heterocycles. The third-order valence-corrected chi connectivity index (χ3v) is 6.20. The Balaban J connectivity index is 1.59. The molecule has 0 saturated carbocycles. The van der Waals surface area contributed by atoms with Crippen LogP contribution >= 0.6 is 0 Å². The maximum Gasteiger partial charge on any atom is 0.416 e. The van der Waals surface area contributed by atoms with Gasteiger partial charge in [-0.2, -0.15) is 13.2 Å². The van der Waals surface area contributed by atoms with Gasteiger partial charge in [0.05, 0.1) is 30.4 Å². The summed E-state index contributed by atoms with van der Waals surface area (Å²) in [4.78, 5) is 12.0. The quantitative estimate of drug-likeness (QED) is 0.613. The van der Waals surface area contributed by atoms with E-state index in [0.29, 0.717) is 24.3 Å². The van der Waals surface area contributed by atoms with Crippen molar-refractivity contribution in [2.45, 2.75) is 44.2 Å². The molecule has 1 fully saturated rings. The van der Waals surface area contributed by atoms with E-state index in [4.69, 9.17) is 4.74 Å². The fourth-order valence-electron chi connectivity index (χ4n) is 4.60. The number of alkyl halides is 3. The van der Waals surface area contributed by atoms with Crippen LogP contribution in [0.15, 0.2) is 48.5 Å². The Bertz CT molecular complexity index is 936. The van der Waals surface area contributed by atoms with E-state index in [1.165, 1.54) is 12.1 Å². The molecule has 0 spiro atoms. The fraction of sp³-hybridized carbons (Fsp3) is 0.458. The lowest BCUT2D eigenvalue weighted by atomic mass is 9.76. The number of rotatable bonds is 6. The Labute approximate surface area is 185 Å². The number of likely N-dealkylation sites (N-methyl/N-ethyl adjacent to an activating group) is 1. The van der Waals surface area contributed by atoms with Gasteiger partial charge >= 0.3 is 6.18 Å². The highest BCUT2D eigenvalue weighted by Crippen LogP contribution is 2.51. The second-order valence-corrected chi connectivity index (χ2v) is 8.34. The maximum atomic E-state index is 13.4. The first-order chi connectivity index (χ1) is 15.4. The van der Waals surface area contributed by atoms with Crippen molar-refractivity contribution in [1.29, 1.82) is 0 Å². The van der Waals surface area contributed by atoms with Gasteiger partial charge in [0.15, 0.2) is 0 Å². The minimum Gasteiger partial charge on any atom is -0.378 e. The first-order valence-electron chi connectivity index (χ1n) is 11.0. The SMILES string of the molecule is CCNCC(=O)NC[C@H]1CC[C@@H]2[C@H](O1)c1cc(C(F)(F)F)ccc1N[C@H]2c1ccccc1. The van der Waals surface area contributed by atoms with Crippen molar-refractivity contribution in [2.24, 2.45) is 5.92 Å². The van der Waals surface area contributed by atoms with Gasteiger partial charge in [-0.15, -0.1) is 0 Å². The monoisotopic (exact) mass is 447 g/mol. The summed E-state index contributed by atoms with van der Waals surface area (Å²) in [7, 11) is 0. The molecule has 0 aliphatic carbocycles. The molecular weight excluding hydrogens is 419 g/mol. The van der Waals surface area contributed by atoms with E-state index in [0.717, 1.165) is 24.5 Å². The number of ether oxygens (including phenoxy) is 1. The summed E-state index contributed by atoms with van der Waals surface area (Å²) in [6, 6.07) is 13.7. The van der Waals surface area contributed by atoms with Gasteiger partial charge in [-0.25, -0.2) is 0 Å². The molecule has 4 rings (SSSR count). The van der Waals surface area contributed by atoms with Crippen molar-refractivity contribution >= 4 is 11.6 Å². The first-order valence-corrected chi connectivity index (χ1v) is 11.0. The fourth-order valence-corrected chi connectivity index (χ4v) is 4.60. The number of benzene rings is 2. The van der Waals surface area contributed by atoms with Gasteiger partial charge in [0.2, 0.25) is 5.91 Å². The van der Waals surface area contributed by atoms with Crippen molar-refractivity contribution in [3.63, 3.8) is 0 Å². The molecule has 3 N–H and O–H groups in total. The molecule has 2 aliphatic rings. The molecule has 0 unspecified atom stereocenters. The number of halogens is 3. The third-order valence-electron chi connectivity index (χ3n) is 6.20. The summed E-state index contributed by atoms with van der Waals surface area (Å²) in [6.45, 7) is 3.19. The van der Waals surface area contributed by atoms with E-state index < -0.39 is 17.8 Å². The van der Waals surface area contributed by atoms with Crippen LogP contribution in [-0.2, 0) is 15.7 Å². The Kier molecular flexibility index (Phi) is 6.71. The largest absolute Gasteiger partial charge is 0.416 e. The van der Waals surface area contributed by atoms with Gasteiger partial charge in [-0.1, -0.05) is 37.3 Å². The van der Waals surface area contributed by atoms with Crippen molar-refractivity contribution in [1.82, 2.24) is 10.6 Å². The number of carbonyl (C=O) groups excluding carboxylic acids is 1. The summed E-state index contributed by atoms with van der Waals surface area (Å²) >= 11 is 0. The lowest BCUT2D eigenvalue weighted by Gasteiger charge is -2.46. The molecule has 0 radical (unpaired) electrons. The van der Waals surface area contributed by atoms with Gasteiger partial charge in [0, 0.05) is 23.7 Å². The minimum atomic E-state index is -4.42. The topological polar surface area (TPSA) is 62.4 Å². The van der Waals surface area contributed by atoms with E-state index in [1.54, 1.807) is 0 Å². The van der Waals surface area contributed by atoms with Crippen LogP contribution in [0, 0.1) is 5.92 Å². The predicted molar refractivity (Wildman–Crippen MR) is 116 cm³/mol. The second kappa shape index (κ2) is 9.50. The highest BCUT2D eigenvalue weighted by molar-refractivity contribution is 5.78. The third kappa shape index (κ3) is 4.91. The van der Waals surface area contributed by atoms with Crippen LogP contribution in [0.1, 0.15) is 48.6 Å². The van der Waals surface area contributed by atoms with Crippen molar-refractivity contribution in [3.05, 3.63) is 65.2 Å². The molecule has 4 atom stereocenters. The Morgan fingerprint density at radius 2 is 1.94 bits per heavy atom. The second-order valence-electron chi connectivity index (χ2n) is 8.34. The van der Waals surface area contributed by atoms with Crippen LogP contribution in [0.2, 0.25) is 0 Å². The van der Waals surface area contributed by atoms with Gasteiger partial charge in [-0.05, 0) is 43.1 Å². The van der Waals surface area contributed by atoms with Gasteiger partial charge in [0.25, 0.3) is 0 Å². The standard InChI is InChI=1S/C24H28F3N3O2/c1-2-28-14-21(31)29-13-17-9-10-18-22(15-6-4-3-5-7-15)30-20-11-8-16(24(25,26)27)12-19(20)23(18)32-17/h3-8,11-12,17-18,22-23,28,30H,2,9-10,13-14H2,1H3,(H,29,31)/t17-,18+,22+,23+/m1/s1. The molecule has 0 aromatic heterocycles. The van der Waals surface area contributed by atoms with E-state index in [-0.39, 0.29) is 30.5 Å². The molecular formula is C24H28F3N3O2. The molecule has 2 heterocycles. The van der Waals surface area contributed by atoms with Gasteiger partial charge in [0.1, 0.15) is 0 Å². The number of hydrogen-bond donors (Lipinski definition) is 3. The van der Waals surface area contributed by atoms with Crippen LogP contribution in [0.5, 0.6) is 0 Å². The minimum absolute atomic E-state index is 0.0120. The number of carbonyl (C=O) groups is 1. The molecule has 2 aromatic rings. The average molecular weight is 448 g/mol. The summed E-state index contributed by atoms with van der Waals surface area (Å²) in [5, 5.41) is 9.29. The van der Waals surface area contributed by atoms with Crippen molar-refractivity contribution < 1.29 is 22.7 Å². The molecule has 2 aromatic carbocycles. The lowest BCUT2D eigenvalue weighted by molar-refractivity contribution is -0.138. The summed E-state index contributed by atoms with van der Waals surface area (Å²) < 4.78 is 46.5. The van der Waals surface area contributed by atoms with E-state index in [9.17, 15) is 18.0 Å². The van der Waals surface area contributed by atoms with Crippen LogP contribution in [0.25, 0.3) is 0 Å². The molecule has 172 valence electrons. The summed E-state index contributed by atoms with van der Waals surface area (Å²) in [5.41, 5.74) is 1.58. The van der Waals surface area contributed by atoms with Crippen LogP contribution < -0.4 is 16.0 Å². The van der Waals surface area contributed by atoms with E-state index in [1.807, 2.05) is 37.3 Å². The highest BCUT2D eigenvalue weighted by atomic mass is 19.4. The Hall–Kier alpha value is -2.58. The zero-order valence-electron chi connectivity index (χ0n) is 17.9. The number of hydrogen-bond acceptors (Lipinski definition) is 4. The van der Waals surface area contributed by atoms with Crippen molar-refractivity contribution in [2.75, 3.05) is 25.0 Å². The van der Waals surface area contributed by atoms with E-state index in [2.05, 4.69) is 16.0 Å². The maximum absolute atomic E-state index is 13.4. The molecule has 1 amide bonds. The zero-order valence-corrected chi connectivity index (χ0v) is 17.9. The van der Waals surface area contributed by atoms with Gasteiger partial charge in [-0.3, -0.25) is 4.79 Å². The first kappa shape index (κ1) is 22.6. The predicted octanol–water partition coefficient (Wildman–Crippen LogP) is 4.43. The van der Waals surface area contributed by atoms with Gasteiger partial charge < -0.3 is 20.7 Å². The molecule has 8 heteroatoms. The molecule has 0 bridgehead atoms. The van der Waals surface area contributed by atoms with Crippen LogP contribution in [0.4, 0.5) is 18.9 Å². The smallest absolute Gasteiger partial charge is 0.378 e. The zero-order chi connectivity index (χ0) is 22.7. The Morgan fingerprint density at radius 3 is 2.66 bits per heavy atom. The number of fused-ring (bicyclic) bond motifs is 3. The normalized spacial score (nSPS) is 24.8. The Morgan fingerprint density at radius 1 is 1.16 bits per heavy atom.